The number of nitrogens with zero attached hydrogens (tertiary/aromatic N) is 2. The van der Waals surface area contributed by atoms with Crippen molar-refractivity contribution in [1.82, 2.24) is 26.6 Å². The summed E-state index contributed by atoms with van der Waals surface area (Å²) in [6.07, 6.45) is 1.20. The van der Waals surface area contributed by atoms with Gasteiger partial charge in [0.15, 0.2) is 11.9 Å². The maximum atomic E-state index is 13.3. The third-order valence-electron chi connectivity index (χ3n) is 6.34. The summed E-state index contributed by atoms with van der Waals surface area (Å²) in [5, 5.41) is 12.5. The van der Waals surface area contributed by atoms with E-state index < -0.39 is 72.7 Å². The summed E-state index contributed by atoms with van der Waals surface area (Å²) in [6.45, 7) is 6.63. The van der Waals surface area contributed by atoms with Crippen LogP contribution in [0.1, 0.15) is 59.8 Å². The summed E-state index contributed by atoms with van der Waals surface area (Å²) in [4.78, 5) is 83.1. The van der Waals surface area contributed by atoms with Crippen LogP contribution in [-0.2, 0) is 28.8 Å². The minimum Gasteiger partial charge on any atom is -0.370 e. The lowest BCUT2D eigenvalue weighted by atomic mass is 10.00. The molecule has 0 aliphatic carbocycles. The van der Waals surface area contributed by atoms with Crippen molar-refractivity contribution in [2.24, 2.45) is 56.2 Å². The number of nitrogens with two attached hydrogens (primary N) is 6. The highest BCUT2D eigenvalue weighted by Crippen LogP contribution is 2.08. The van der Waals surface area contributed by atoms with Gasteiger partial charge < -0.3 is 61.0 Å². The molecule has 0 unspecified atom stereocenters. The minimum atomic E-state index is -1.13. The van der Waals surface area contributed by atoms with E-state index in [1.165, 1.54) is 0 Å². The average molecular weight is 656 g/mol. The van der Waals surface area contributed by atoms with Crippen molar-refractivity contribution in [1.29, 1.82) is 0 Å². The van der Waals surface area contributed by atoms with Crippen LogP contribution < -0.4 is 61.0 Å². The van der Waals surface area contributed by atoms with Gasteiger partial charge in [-0.2, -0.15) is 0 Å². The highest BCUT2D eigenvalue weighted by molar-refractivity contribution is 5.95. The number of guanidine groups is 2. The van der Waals surface area contributed by atoms with E-state index in [9.17, 15) is 28.8 Å². The van der Waals surface area contributed by atoms with E-state index in [-0.39, 0.29) is 49.7 Å². The zero-order valence-electron chi connectivity index (χ0n) is 27.1. The summed E-state index contributed by atoms with van der Waals surface area (Å²) in [7, 11) is 0. The number of carbonyl (C=O) groups excluding carboxylic acids is 6. The number of hydrogen-bond donors (Lipinski definition) is 11. The first-order chi connectivity index (χ1) is 21.4. The lowest BCUT2D eigenvalue weighted by Gasteiger charge is -2.26. The van der Waals surface area contributed by atoms with E-state index >= 15 is 0 Å². The zero-order valence-corrected chi connectivity index (χ0v) is 27.1. The van der Waals surface area contributed by atoms with Crippen LogP contribution in [0.2, 0.25) is 0 Å². The highest BCUT2D eigenvalue weighted by atomic mass is 16.2. The number of primary amides is 1. The van der Waals surface area contributed by atoms with Crippen LogP contribution in [0.15, 0.2) is 9.98 Å². The number of hydrogen-bond acceptors (Lipinski definition) is 9. The summed E-state index contributed by atoms with van der Waals surface area (Å²) >= 11 is 0. The summed E-state index contributed by atoms with van der Waals surface area (Å²) in [5.74, 6) is -4.50. The van der Waals surface area contributed by atoms with Crippen LogP contribution in [0.5, 0.6) is 0 Å². The second-order valence-electron chi connectivity index (χ2n) is 11.4. The van der Waals surface area contributed by atoms with E-state index in [0.717, 1.165) is 0 Å². The quantitative estimate of drug-likeness (QED) is 0.0299. The molecular weight excluding hydrogens is 602 g/mol. The van der Waals surface area contributed by atoms with E-state index in [2.05, 4.69) is 36.6 Å². The Morgan fingerprint density at radius 2 is 1.11 bits per heavy atom. The number of nitrogens with one attached hydrogen (secondary N) is 5. The smallest absolute Gasteiger partial charge is 0.243 e. The van der Waals surface area contributed by atoms with Gasteiger partial charge in [-0.3, -0.25) is 38.8 Å². The van der Waals surface area contributed by atoms with Crippen molar-refractivity contribution in [3.05, 3.63) is 0 Å². The summed E-state index contributed by atoms with van der Waals surface area (Å²) < 4.78 is 0. The Hall–Kier alpha value is -4.68. The predicted molar refractivity (Wildman–Crippen MR) is 173 cm³/mol. The maximum Gasteiger partial charge on any atom is 0.243 e. The van der Waals surface area contributed by atoms with Gasteiger partial charge in [0.2, 0.25) is 35.4 Å². The number of amides is 6. The monoisotopic (exact) mass is 655 g/mol. The maximum absolute atomic E-state index is 13.3. The fourth-order valence-electron chi connectivity index (χ4n) is 4.05. The molecule has 262 valence electrons. The normalized spacial score (nSPS) is 13.4. The van der Waals surface area contributed by atoms with Crippen molar-refractivity contribution < 1.29 is 28.8 Å². The molecule has 0 rings (SSSR count). The molecule has 0 saturated heterocycles. The molecule has 0 aromatic rings. The van der Waals surface area contributed by atoms with Crippen LogP contribution in [0.4, 0.5) is 0 Å². The molecule has 0 saturated carbocycles. The van der Waals surface area contributed by atoms with Crippen molar-refractivity contribution in [3.63, 3.8) is 0 Å². The third-order valence-corrected chi connectivity index (χ3v) is 6.34. The van der Waals surface area contributed by atoms with Gasteiger partial charge in [0, 0.05) is 13.1 Å². The van der Waals surface area contributed by atoms with E-state index in [1.54, 1.807) is 13.8 Å². The Bertz CT molecular complexity index is 1090. The largest absolute Gasteiger partial charge is 0.370 e. The first kappa shape index (κ1) is 41.3. The fraction of sp³-hybridized carbons (Fsp3) is 0.704. The van der Waals surface area contributed by atoms with Gasteiger partial charge in [-0.1, -0.05) is 27.7 Å². The molecule has 0 aliphatic heterocycles. The third kappa shape index (κ3) is 18.9. The molecule has 19 nitrogen and oxygen atoms in total. The van der Waals surface area contributed by atoms with Crippen LogP contribution in [0, 0.1) is 11.8 Å². The summed E-state index contributed by atoms with van der Waals surface area (Å²) in [6, 6.07) is -4.04. The van der Waals surface area contributed by atoms with Gasteiger partial charge in [-0.15, -0.1) is 0 Å². The summed E-state index contributed by atoms with van der Waals surface area (Å²) in [5.41, 5.74) is 32.4. The molecule has 19 heteroatoms. The fourth-order valence-corrected chi connectivity index (χ4v) is 4.05. The van der Waals surface area contributed by atoms with Crippen molar-refractivity contribution in [2.75, 3.05) is 26.2 Å². The van der Waals surface area contributed by atoms with Crippen molar-refractivity contribution in [2.45, 2.75) is 84.0 Å². The lowest BCUT2D eigenvalue weighted by Crippen LogP contribution is -2.58. The van der Waals surface area contributed by atoms with Gasteiger partial charge in [-0.05, 0) is 43.9 Å². The van der Waals surface area contributed by atoms with E-state index in [0.29, 0.717) is 19.3 Å². The first-order valence-corrected chi connectivity index (χ1v) is 15.0. The molecule has 46 heavy (non-hydrogen) atoms. The SMILES string of the molecule is CC(C)C[C@H](N)C(=O)N[C@H](C(=O)N[C@@H](CCCN=C(N)N)C(=O)NCC(=O)N[C@@H](CCCN=C(N)N)C(=O)NCC(N)=O)C(C)C. The van der Waals surface area contributed by atoms with E-state index in [4.69, 9.17) is 34.4 Å². The molecule has 0 aliphatic rings. The molecule has 0 aromatic heterocycles. The van der Waals surface area contributed by atoms with Crippen LogP contribution in [-0.4, -0.2) is 97.7 Å². The molecule has 0 fully saturated rings. The standard InChI is InChI=1S/C27H53N13O6/c1-14(2)11-16(28)22(43)40-21(15(3)4)25(46)39-18(8-6-10-35-27(32)33)24(45)37-13-20(42)38-17(7-5-9-34-26(30)31)23(44)36-12-19(29)41/h14-18,21H,5-13,28H2,1-4H3,(H2,29,41)(H,36,44)(H,37,45)(H,38,42)(H,39,46)(H,40,43)(H4,30,31,34)(H4,32,33,35)/t16-,17-,18-,21-/m0/s1. The highest BCUT2D eigenvalue weighted by Gasteiger charge is 2.30. The molecule has 0 aromatic carbocycles. The molecule has 0 heterocycles. The Morgan fingerprint density at radius 1 is 0.630 bits per heavy atom. The van der Waals surface area contributed by atoms with Crippen molar-refractivity contribution in [3.8, 4) is 0 Å². The molecular formula is C27H53N13O6. The number of rotatable bonds is 22. The van der Waals surface area contributed by atoms with Gasteiger partial charge in [0.1, 0.15) is 18.1 Å². The van der Waals surface area contributed by atoms with Crippen LogP contribution >= 0.6 is 0 Å². The first-order valence-electron chi connectivity index (χ1n) is 15.0. The lowest BCUT2D eigenvalue weighted by molar-refractivity contribution is -0.134. The molecule has 0 bridgehead atoms. The Kier molecular flexibility index (Phi) is 19.7. The molecule has 6 amide bonds. The number of aliphatic imine (C=N–C) groups is 2. The Labute approximate surface area is 269 Å². The van der Waals surface area contributed by atoms with Crippen LogP contribution in [0.3, 0.4) is 0 Å². The van der Waals surface area contributed by atoms with Gasteiger partial charge in [-0.25, -0.2) is 0 Å². The van der Waals surface area contributed by atoms with Crippen LogP contribution in [0.25, 0.3) is 0 Å². The van der Waals surface area contributed by atoms with E-state index in [1.807, 2.05) is 13.8 Å². The average Bonchev–Trinajstić information content (AvgIpc) is 2.95. The number of carbonyl (C=O) groups is 6. The van der Waals surface area contributed by atoms with Gasteiger partial charge in [0.25, 0.3) is 0 Å². The Balaban J connectivity index is 5.60. The Morgan fingerprint density at radius 3 is 1.54 bits per heavy atom. The minimum absolute atomic E-state index is 0.0878. The van der Waals surface area contributed by atoms with Gasteiger partial charge in [0.05, 0.1) is 19.1 Å². The topological polar surface area (TPSA) is 343 Å². The second-order valence-corrected chi connectivity index (χ2v) is 11.4. The van der Waals surface area contributed by atoms with Crippen molar-refractivity contribution >= 4 is 47.4 Å². The molecule has 4 atom stereocenters. The molecule has 17 N–H and O–H groups in total. The van der Waals surface area contributed by atoms with Gasteiger partial charge >= 0.3 is 0 Å². The molecule has 0 radical (unpaired) electrons. The predicted octanol–water partition coefficient (Wildman–Crippen LogP) is -4.70. The molecule has 0 spiro atoms. The zero-order chi connectivity index (χ0) is 35.4. The second kappa shape index (κ2) is 21.9.